The lowest BCUT2D eigenvalue weighted by molar-refractivity contribution is -0.121. The van der Waals surface area contributed by atoms with Crippen molar-refractivity contribution in [2.24, 2.45) is 0 Å². The molecule has 0 unspecified atom stereocenters. The molecule has 6 nitrogen and oxygen atoms in total. The van der Waals surface area contributed by atoms with Crippen molar-refractivity contribution in [3.63, 3.8) is 0 Å². The van der Waals surface area contributed by atoms with Crippen LogP contribution in [0, 0.1) is 0 Å². The molecule has 2 aromatic carbocycles. The maximum atomic E-state index is 11.9. The van der Waals surface area contributed by atoms with E-state index in [1.165, 1.54) is 0 Å². The standard InChI is InChI=1S/C19H19ClN2O4S/c1-2-11-25-18(24)13-7-9-14(10-8-13)21-19(27)22-17(23)12-26-16-6-4-3-5-15(16)20/h3-10H,2,11-12H2,1H3,(H2,21,22,23,27). The van der Waals surface area contributed by atoms with Crippen LogP contribution in [-0.2, 0) is 9.53 Å². The van der Waals surface area contributed by atoms with Crippen LogP contribution in [0.25, 0.3) is 0 Å². The molecule has 0 heterocycles. The molecule has 1 amide bonds. The number of carbonyl (C=O) groups excluding carboxylic acids is 2. The highest BCUT2D eigenvalue weighted by Gasteiger charge is 2.09. The molecule has 0 radical (unpaired) electrons. The summed E-state index contributed by atoms with van der Waals surface area (Å²) in [6.45, 7) is 2.08. The number of hydrogen-bond acceptors (Lipinski definition) is 5. The van der Waals surface area contributed by atoms with Crippen LogP contribution in [0.4, 0.5) is 5.69 Å². The minimum absolute atomic E-state index is 0.115. The van der Waals surface area contributed by atoms with Crippen molar-refractivity contribution in [1.82, 2.24) is 5.32 Å². The number of rotatable bonds is 7. The predicted molar refractivity (Wildman–Crippen MR) is 108 cm³/mol. The number of ether oxygens (including phenoxy) is 2. The van der Waals surface area contributed by atoms with Crippen molar-refractivity contribution in [3.8, 4) is 5.75 Å². The van der Waals surface area contributed by atoms with Crippen LogP contribution in [0.2, 0.25) is 5.02 Å². The summed E-state index contributed by atoms with van der Waals surface area (Å²) in [5.41, 5.74) is 1.07. The fourth-order valence-electron chi connectivity index (χ4n) is 2.00. The molecule has 8 heteroatoms. The molecule has 2 N–H and O–H groups in total. The number of nitrogens with one attached hydrogen (secondary N) is 2. The highest BCUT2D eigenvalue weighted by molar-refractivity contribution is 7.80. The van der Waals surface area contributed by atoms with E-state index in [9.17, 15) is 9.59 Å². The van der Waals surface area contributed by atoms with E-state index in [2.05, 4.69) is 10.6 Å². The van der Waals surface area contributed by atoms with Gasteiger partial charge in [-0.25, -0.2) is 4.79 Å². The van der Waals surface area contributed by atoms with Gasteiger partial charge in [0.05, 0.1) is 17.2 Å². The molecule has 0 bridgehead atoms. The van der Waals surface area contributed by atoms with Gasteiger partial charge in [0.1, 0.15) is 5.75 Å². The van der Waals surface area contributed by atoms with Crippen molar-refractivity contribution >= 4 is 46.5 Å². The van der Waals surface area contributed by atoms with E-state index < -0.39 is 5.91 Å². The minimum atomic E-state index is -0.424. The van der Waals surface area contributed by atoms with Crippen LogP contribution in [-0.4, -0.2) is 30.2 Å². The number of carbonyl (C=O) groups is 2. The van der Waals surface area contributed by atoms with Gasteiger partial charge in [-0.1, -0.05) is 30.7 Å². The average Bonchev–Trinajstić information content (AvgIpc) is 2.66. The van der Waals surface area contributed by atoms with E-state index >= 15 is 0 Å². The Kier molecular flexibility index (Phi) is 8.03. The summed E-state index contributed by atoms with van der Waals surface area (Å²) < 4.78 is 10.4. The Morgan fingerprint density at radius 2 is 1.81 bits per heavy atom. The van der Waals surface area contributed by atoms with E-state index in [1.807, 2.05) is 6.92 Å². The van der Waals surface area contributed by atoms with Crippen molar-refractivity contribution in [2.45, 2.75) is 13.3 Å². The third-order valence-electron chi connectivity index (χ3n) is 3.26. The Hall–Kier alpha value is -2.64. The van der Waals surface area contributed by atoms with Gasteiger partial charge >= 0.3 is 5.97 Å². The van der Waals surface area contributed by atoms with Gasteiger partial charge in [-0.15, -0.1) is 0 Å². The zero-order chi connectivity index (χ0) is 19.6. The Morgan fingerprint density at radius 1 is 1.11 bits per heavy atom. The maximum absolute atomic E-state index is 11.9. The molecule has 0 aliphatic carbocycles. The lowest BCUT2D eigenvalue weighted by Crippen LogP contribution is -2.37. The van der Waals surface area contributed by atoms with E-state index in [1.54, 1.807) is 48.5 Å². The monoisotopic (exact) mass is 406 g/mol. The summed E-state index contributed by atoms with van der Waals surface area (Å²) in [6.07, 6.45) is 0.763. The summed E-state index contributed by atoms with van der Waals surface area (Å²) in [5, 5.41) is 5.90. The van der Waals surface area contributed by atoms with Crippen molar-refractivity contribution < 1.29 is 19.1 Å². The Morgan fingerprint density at radius 3 is 2.48 bits per heavy atom. The van der Waals surface area contributed by atoms with Crippen molar-refractivity contribution in [2.75, 3.05) is 18.5 Å². The van der Waals surface area contributed by atoms with Crippen molar-refractivity contribution in [1.29, 1.82) is 0 Å². The number of benzene rings is 2. The molecular formula is C19H19ClN2O4S. The second kappa shape index (κ2) is 10.5. The van der Waals surface area contributed by atoms with Crippen LogP contribution in [0.3, 0.4) is 0 Å². The number of para-hydroxylation sites is 1. The van der Waals surface area contributed by atoms with Crippen molar-refractivity contribution in [3.05, 3.63) is 59.1 Å². The van der Waals surface area contributed by atoms with Crippen LogP contribution >= 0.6 is 23.8 Å². The van der Waals surface area contributed by atoms with Gasteiger partial charge in [-0.05, 0) is 55.0 Å². The molecule has 0 spiro atoms. The highest BCUT2D eigenvalue weighted by Crippen LogP contribution is 2.22. The molecule has 27 heavy (non-hydrogen) atoms. The van der Waals surface area contributed by atoms with Gasteiger partial charge in [-0.2, -0.15) is 0 Å². The number of anilines is 1. The highest BCUT2D eigenvalue weighted by atomic mass is 35.5. The normalized spacial score (nSPS) is 10.0. The van der Waals surface area contributed by atoms with Crippen LogP contribution < -0.4 is 15.4 Å². The molecule has 0 saturated heterocycles. The Balaban J connectivity index is 1.80. The molecular weight excluding hydrogens is 388 g/mol. The van der Waals surface area contributed by atoms with E-state index in [-0.39, 0.29) is 17.7 Å². The quantitative estimate of drug-likeness (QED) is 0.538. The van der Waals surface area contributed by atoms with E-state index in [4.69, 9.17) is 33.3 Å². The smallest absolute Gasteiger partial charge is 0.338 e. The third kappa shape index (κ3) is 6.88. The van der Waals surface area contributed by atoms with Gasteiger partial charge in [0.15, 0.2) is 11.7 Å². The Bertz CT molecular complexity index is 812. The molecule has 0 fully saturated rings. The van der Waals surface area contributed by atoms with Gasteiger partial charge in [-0.3, -0.25) is 10.1 Å². The molecule has 0 aliphatic heterocycles. The van der Waals surface area contributed by atoms with Crippen LogP contribution in [0.5, 0.6) is 5.75 Å². The topological polar surface area (TPSA) is 76.7 Å². The van der Waals surface area contributed by atoms with E-state index in [0.29, 0.717) is 28.6 Å². The molecule has 0 saturated carbocycles. The molecule has 0 atom stereocenters. The summed E-state index contributed by atoms with van der Waals surface area (Å²) in [6, 6.07) is 13.4. The second-order valence-electron chi connectivity index (χ2n) is 5.43. The van der Waals surface area contributed by atoms with Gasteiger partial charge < -0.3 is 14.8 Å². The first-order chi connectivity index (χ1) is 13.0. The third-order valence-corrected chi connectivity index (χ3v) is 3.78. The lowest BCUT2D eigenvalue weighted by atomic mass is 10.2. The summed E-state index contributed by atoms with van der Waals surface area (Å²) >= 11 is 11.1. The largest absolute Gasteiger partial charge is 0.482 e. The SMILES string of the molecule is CCCOC(=O)c1ccc(NC(=S)NC(=O)COc2ccccc2Cl)cc1. The maximum Gasteiger partial charge on any atom is 0.338 e. The first-order valence-corrected chi connectivity index (χ1v) is 9.03. The van der Waals surface area contributed by atoms with Gasteiger partial charge in [0.25, 0.3) is 5.91 Å². The summed E-state index contributed by atoms with van der Waals surface area (Å²) in [5.74, 6) is -0.387. The number of hydrogen-bond donors (Lipinski definition) is 2. The molecule has 0 aliphatic rings. The molecule has 142 valence electrons. The molecule has 2 aromatic rings. The predicted octanol–water partition coefficient (Wildman–Crippen LogP) is 3.80. The minimum Gasteiger partial charge on any atom is -0.482 e. The fourth-order valence-corrected chi connectivity index (χ4v) is 2.42. The zero-order valence-electron chi connectivity index (χ0n) is 14.7. The van der Waals surface area contributed by atoms with Crippen LogP contribution in [0.1, 0.15) is 23.7 Å². The summed E-state index contributed by atoms with van der Waals surface area (Å²) in [7, 11) is 0. The fraction of sp³-hybridized carbons (Fsp3) is 0.211. The van der Waals surface area contributed by atoms with Gasteiger partial charge in [0, 0.05) is 5.69 Å². The lowest BCUT2D eigenvalue weighted by Gasteiger charge is -2.11. The Labute approximate surface area is 167 Å². The number of halogens is 1. The second-order valence-corrected chi connectivity index (χ2v) is 6.25. The molecule has 2 rings (SSSR count). The van der Waals surface area contributed by atoms with Crippen LogP contribution in [0.15, 0.2) is 48.5 Å². The summed E-state index contributed by atoms with van der Waals surface area (Å²) in [4.78, 5) is 23.7. The number of thiocarbonyl (C=S) groups is 1. The number of esters is 1. The first-order valence-electron chi connectivity index (χ1n) is 8.25. The first kappa shape index (κ1) is 20.7. The number of amides is 1. The van der Waals surface area contributed by atoms with Gasteiger partial charge in [0.2, 0.25) is 0 Å². The average molecular weight is 407 g/mol. The molecule has 0 aromatic heterocycles. The van der Waals surface area contributed by atoms with E-state index in [0.717, 1.165) is 6.42 Å². The zero-order valence-corrected chi connectivity index (χ0v) is 16.2.